The summed E-state index contributed by atoms with van der Waals surface area (Å²) in [7, 11) is 0. The maximum absolute atomic E-state index is 8.89. The Bertz CT molecular complexity index is 407. The van der Waals surface area contributed by atoms with Crippen molar-refractivity contribution >= 4 is 11.8 Å². The molecule has 1 aliphatic carbocycles. The first-order valence-corrected chi connectivity index (χ1v) is 6.62. The van der Waals surface area contributed by atoms with Crippen LogP contribution < -0.4 is 5.32 Å². The van der Waals surface area contributed by atoms with Crippen LogP contribution in [-0.2, 0) is 6.54 Å². The third kappa shape index (κ3) is 2.55. The first-order valence-electron chi connectivity index (χ1n) is 5.39. The Labute approximate surface area is 100 Å². The van der Waals surface area contributed by atoms with E-state index in [1.165, 1.54) is 12.8 Å². The molecule has 84 valence electrons. The van der Waals surface area contributed by atoms with E-state index in [1.807, 2.05) is 23.9 Å². The molecule has 1 aliphatic rings. The molecule has 4 heteroatoms. The van der Waals surface area contributed by atoms with Gasteiger partial charge >= 0.3 is 0 Å². The molecule has 0 bridgehead atoms. The van der Waals surface area contributed by atoms with Gasteiger partial charge < -0.3 is 5.32 Å². The van der Waals surface area contributed by atoms with Crippen molar-refractivity contribution in [3.63, 3.8) is 0 Å². The molecule has 0 saturated heterocycles. The van der Waals surface area contributed by atoms with Gasteiger partial charge in [0.2, 0.25) is 0 Å². The van der Waals surface area contributed by atoms with Crippen LogP contribution in [0, 0.1) is 11.3 Å². The molecule has 16 heavy (non-hydrogen) atoms. The van der Waals surface area contributed by atoms with Crippen molar-refractivity contribution in [1.82, 2.24) is 10.3 Å². The number of nitrogens with zero attached hydrogens (tertiary/aromatic N) is 2. The lowest BCUT2D eigenvalue weighted by Gasteiger charge is -2.13. The van der Waals surface area contributed by atoms with Crippen molar-refractivity contribution in [3.8, 4) is 6.07 Å². The van der Waals surface area contributed by atoms with Crippen LogP contribution in [0.1, 0.15) is 24.1 Å². The quantitative estimate of drug-likeness (QED) is 0.844. The maximum atomic E-state index is 8.89. The Morgan fingerprint density at radius 3 is 3.06 bits per heavy atom. The molecule has 0 atom stereocenters. The lowest BCUT2D eigenvalue weighted by molar-refractivity contribution is 0.660. The molecular weight excluding hydrogens is 218 g/mol. The number of nitrogens with one attached hydrogen (secondary N) is 1. The molecule has 0 amide bonds. The number of hydrogen-bond donors (Lipinski definition) is 1. The van der Waals surface area contributed by atoms with Gasteiger partial charge in [0.15, 0.2) is 0 Å². The van der Waals surface area contributed by atoms with E-state index in [0.29, 0.717) is 10.4 Å². The molecule has 0 spiro atoms. The predicted octanol–water partition coefficient (Wildman–Crippen LogP) is 1.94. The number of thioether (sulfide) groups is 1. The standard InChI is InChI=1S/C12H15N3S/c1-16-12(4-5-12)9-14-8-10-3-2-6-15-11(10)7-13/h2-3,6,14H,4-5,8-9H2,1H3. The molecule has 1 saturated carbocycles. The summed E-state index contributed by atoms with van der Waals surface area (Å²) in [5.41, 5.74) is 1.52. The van der Waals surface area contributed by atoms with E-state index in [-0.39, 0.29) is 0 Å². The van der Waals surface area contributed by atoms with Crippen LogP contribution in [-0.4, -0.2) is 22.5 Å². The highest BCUT2D eigenvalue weighted by molar-refractivity contribution is 8.00. The fourth-order valence-electron chi connectivity index (χ4n) is 1.70. The molecule has 0 radical (unpaired) electrons. The highest BCUT2D eigenvalue weighted by Crippen LogP contribution is 2.46. The van der Waals surface area contributed by atoms with E-state index in [0.717, 1.165) is 18.7 Å². The SMILES string of the molecule is CSC1(CNCc2cccnc2C#N)CC1. The first kappa shape index (κ1) is 11.4. The van der Waals surface area contributed by atoms with Gasteiger partial charge in [-0.2, -0.15) is 17.0 Å². The van der Waals surface area contributed by atoms with Gasteiger partial charge in [0.25, 0.3) is 0 Å². The van der Waals surface area contributed by atoms with E-state index in [9.17, 15) is 0 Å². The Kier molecular flexibility index (Phi) is 3.47. The van der Waals surface area contributed by atoms with Crippen LogP contribution in [0.5, 0.6) is 0 Å². The lowest BCUT2D eigenvalue weighted by atomic mass is 10.2. The average Bonchev–Trinajstić information content (AvgIpc) is 3.10. The largest absolute Gasteiger partial charge is 0.311 e. The molecular formula is C12H15N3S. The van der Waals surface area contributed by atoms with Crippen molar-refractivity contribution in [3.05, 3.63) is 29.6 Å². The van der Waals surface area contributed by atoms with Gasteiger partial charge in [-0.3, -0.25) is 0 Å². The minimum atomic E-state index is 0.467. The van der Waals surface area contributed by atoms with Gasteiger partial charge in [0, 0.05) is 29.6 Å². The van der Waals surface area contributed by atoms with Crippen LogP contribution >= 0.6 is 11.8 Å². The molecule has 0 aliphatic heterocycles. The van der Waals surface area contributed by atoms with Crippen LogP contribution in [0.3, 0.4) is 0 Å². The zero-order chi connectivity index (χ0) is 11.4. The number of rotatable bonds is 5. The summed E-state index contributed by atoms with van der Waals surface area (Å²) in [6.07, 6.45) is 6.43. The molecule has 1 fully saturated rings. The third-order valence-corrected chi connectivity index (χ3v) is 4.42. The van der Waals surface area contributed by atoms with Crippen LogP contribution in [0.4, 0.5) is 0 Å². The summed E-state index contributed by atoms with van der Waals surface area (Å²) in [6, 6.07) is 5.95. The van der Waals surface area contributed by atoms with Crippen LogP contribution in [0.15, 0.2) is 18.3 Å². The molecule has 1 aromatic heterocycles. The second-order valence-electron chi connectivity index (χ2n) is 4.11. The van der Waals surface area contributed by atoms with Crippen LogP contribution in [0.25, 0.3) is 0 Å². The molecule has 1 N–H and O–H groups in total. The molecule has 1 heterocycles. The normalized spacial score (nSPS) is 16.8. The van der Waals surface area contributed by atoms with Crippen molar-refractivity contribution in [2.75, 3.05) is 12.8 Å². The summed E-state index contributed by atoms with van der Waals surface area (Å²) < 4.78 is 0.467. The molecule has 3 nitrogen and oxygen atoms in total. The van der Waals surface area contributed by atoms with Crippen molar-refractivity contribution in [2.45, 2.75) is 24.1 Å². The summed E-state index contributed by atoms with van der Waals surface area (Å²) in [6.45, 7) is 1.76. The Hall–Kier alpha value is -1.05. The third-order valence-electron chi connectivity index (χ3n) is 3.00. The van der Waals surface area contributed by atoms with Gasteiger partial charge in [0.05, 0.1) is 0 Å². The monoisotopic (exact) mass is 233 g/mol. The minimum Gasteiger partial charge on any atom is -0.311 e. The minimum absolute atomic E-state index is 0.467. The van der Waals surface area contributed by atoms with E-state index < -0.39 is 0 Å². The predicted molar refractivity (Wildman–Crippen MR) is 66.1 cm³/mol. The molecule has 0 aromatic carbocycles. The van der Waals surface area contributed by atoms with Gasteiger partial charge in [-0.1, -0.05) is 6.07 Å². The van der Waals surface area contributed by atoms with Crippen molar-refractivity contribution in [1.29, 1.82) is 5.26 Å². The van der Waals surface area contributed by atoms with Gasteiger partial charge in [-0.05, 0) is 25.2 Å². The second-order valence-corrected chi connectivity index (χ2v) is 5.39. The fraction of sp³-hybridized carbons (Fsp3) is 0.500. The lowest BCUT2D eigenvalue weighted by Crippen LogP contribution is -2.25. The number of nitriles is 1. The second kappa shape index (κ2) is 4.86. The van der Waals surface area contributed by atoms with Gasteiger partial charge in [-0.25, -0.2) is 4.98 Å². The van der Waals surface area contributed by atoms with E-state index >= 15 is 0 Å². The average molecular weight is 233 g/mol. The summed E-state index contributed by atoms with van der Waals surface area (Å²) in [4.78, 5) is 4.04. The summed E-state index contributed by atoms with van der Waals surface area (Å²) >= 11 is 1.94. The summed E-state index contributed by atoms with van der Waals surface area (Å²) in [5, 5.41) is 12.3. The van der Waals surface area contributed by atoms with Gasteiger partial charge in [-0.15, -0.1) is 0 Å². The molecule has 0 unspecified atom stereocenters. The van der Waals surface area contributed by atoms with Crippen molar-refractivity contribution in [2.24, 2.45) is 0 Å². The number of pyridine rings is 1. The topological polar surface area (TPSA) is 48.7 Å². The highest BCUT2D eigenvalue weighted by atomic mass is 32.2. The maximum Gasteiger partial charge on any atom is 0.144 e. The fourth-order valence-corrected chi connectivity index (χ4v) is 2.46. The van der Waals surface area contributed by atoms with E-state index in [2.05, 4.69) is 22.6 Å². The zero-order valence-corrected chi connectivity index (χ0v) is 10.2. The van der Waals surface area contributed by atoms with Gasteiger partial charge in [0.1, 0.15) is 11.8 Å². The van der Waals surface area contributed by atoms with E-state index in [4.69, 9.17) is 5.26 Å². The Morgan fingerprint density at radius 2 is 2.44 bits per heavy atom. The first-order chi connectivity index (χ1) is 7.79. The molecule has 1 aromatic rings. The summed E-state index contributed by atoms with van der Waals surface area (Å²) in [5.74, 6) is 0. The van der Waals surface area contributed by atoms with Crippen molar-refractivity contribution < 1.29 is 0 Å². The number of hydrogen-bond acceptors (Lipinski definition) is 4. The Morgan fingerprint density at radius 1 is 1.62 bits per heavy atom. The smallest absolute Gasteiger partial charge is 0.144 e. The Balaban J connectivity index is 1.88. The van der Waals surface area contributed by atoms with Crippen LogP contribution in [0.2, 0.25) is 0 Å². The number of aromatic nitrogens is 1. The highest BCUT2D eigenvalue weighted by Gasteiger charge is 2.41. The molecule has 2 rings (SSSR count). The zero-order valence-electron chi connectivity index (χ0n) is 9.36. The van der Waals surface area contributed by atoms with E-state index in [1.54, 1.807) is 6.20 Å².